The van der Waals surface area contributed by atoms with Crippen molar-refractivity contribution < 1.29 is 4.74 Å². The molecule has 0 radical (unpaired) electrons. The number of ether oxygens (including phenoxy) is 1. The van der Waals surface area contributed by atoms with Crippen LogP contribution in [0.2, 0.25) is 0 Å². The number of aryl methyl sites for hydroxylation is 1. The number of fused-ring (bicyclic) bond motifs is 2. The average molecular weight is 442 g/mol. The maximum absolute atomic E-state index is 13.2. The van der Waals surface area contributed by atoms with Crippen molar-refractivity contribution >= 4 is 21.8 Å². The van der Waals surface area contributed by atoms with Crippen LogP contribution in [0.5, 0.6) is 5.75 Å². The fourth-order valence-electron chi connectivity index (χ4n) is 4.53. The number of rotatable bonds is 6. The first kappa shape index (κ1) is 21.2. The normalized spacial score (nSPS) is 13.9. The topological polar surface area (TPSA) is 66.1 Å². The molecule has 0 atom stereocenters. The minimum atomic E-state index is -0.153. The van der Waals surface area contributed by atoms with E-state index in [-0.39, 0.29) is 11.1 Å². The van der Waals surface area contributed by atoms with Crippen LogP contribution in [0.25, 0.3) is 21.8 Å². The smallest absolute Gasteiger partial charge is 0.260 e. The maximum atomic E-state index is 13.2. The number of pyridine rings is 3. The third-order valence-corrected chi connectivity index (χ3v) is 6.46. The summed E-state index contributed by atoms with van der Waals surface area (Å²) in [7, 11) is 1.63. The number of benzene rings is 1. The van der Waals surface area contributed by atoms with Gasteiger partial charge in [0.05, 0.1) is 35.5 Å². The van der Waals surface area contributed by atoms with E-state index in [9.17, 15) is 9.59 Å². The molecule has 5 rings (SSSR count). The zero-order valence-corrected chi connectivity index (χ0v) is 18.8. The first-order chi connectivity index (χ1) is 16.1. The summed E-state index contributed by atoms with van der Waals surface area (Å²) in [5.74, 6) is 0.774. The Morgan fingerprint density at radius 1 is 0.909 bits per heavy atom. The third-order valence-electron chi connectivity index (χ3n) is 6.46. The van der Waals surface area contributed by atoms with Gasteiger partial charge in [-0.1, -0.05) is 23.8 Å². The van der Waals surface area contributed by atoms with Gasteiger partial charge in [0.1, 0.15) is 5.75 Å². The molecule has 0 aliphatic heterocycles. The van der Waals surface area contributed by atoms with Gasteiger partial charge in [-0.15, -0.1) is 0 Å². The molecule has 4 aromatic rings. The number of hydrogen-bond donors (Lipinski definition) is 0. The summed E-state index contributed by atoms with van der Waals surface area (Å²) in [5.41, 5.74) is 3.40. The minimum Gasteiger partial charge on any atom is -0.497 e. The lowest BCUT2D eigenvalue weighted by Gasteiger charge is -2.14. The van der Waals surface area contributed by atoms with Gasteiger partial charge in [0, 0.05) is 18.9 Å². The Labute approximate surface area is 191 Å². The van der Waals surface area contributed by atoms with Crippen molar-refractivity contribution in [3.8, 4) is 5.75 Å². The number of nitrogens with zero attached hydrogens (tertiary/aromatic N) is 3. The lowest BCUT2D eigenvalue weighted by molar-refractivity contribution is 0.414. The molecule has 0 unspecified atom stereocenters. The third kappa shape index (κ3) is 4.33. The molecule has 0 bridgehead atoms. The lowest BCUT2D eigenvalue weighted by Crippen LogP contribution is -2.22. The van der Waals surface area contributed by atoms with E-state index in [1.54, 1.807) is 28.5 Å². The van der Waals surface area contributed by atoms with Crippen LogP contribution in [0.3, 0.4) is 0 Å². The molecule has 0 N–H and O–H groups in total. The monoisotopic (exact) mass is 441 g/mol. The molecule has 0 amide bonds. The zero-order chi connectivity index (χ0) is 22.8. The molecule has 0 fully saturated rings. The minimum absolute atomic E-state index is 0.0942. The average Bonchev–Trinajstić information content (AvgIpc) is 2.86. The molecule has 168 valence electrons. The number of aromatic nitrogens is 3. The number of methoxy groups -OCH3 is 1. The van der Waals surface area contributed by atoms with Crippen LogP contribution in [-0.4, -0.2) is 21.2 Å². The van der Waals surface area contributed by atoms with Crippen LogP contribution in [0, 0.1) is 0 Å². The zero-order valence-electron chi connectivity index (χ0n) is 18.8. The molecule has 1 aliphatic rings. The Hall–Kier alpha value is -3.67. The number of hydrogen-bond acceptors (Lipinski definition) is 4. The second kappa shape index (κ2) is 9.06. The van der Waals surface area contributed by atoms with Crippen LogP contribution in [0.15, 0.2) is 76.1 Å². The summed E-state index contributed by atoms with van der Waals surface area (Å²) < 4.78 is 8.59. The van der Waals surface area contributed by atoms with Crippen LogP contribution in [0.4, 0.5) is 0 Å². The van der Waals surface area contributed by atoms with Crippen LogP contribution >= 0.6 is 0 Å². The summed E-state index contributed by atoms with van der Waals surface area (Å²) in [6.07, 6.45) is 11.5. The highest BCUT2D eigenvalue weighted by molar-refractivity contribution is 5.91. The Bertz CT molecular complexity index is 1460. The van der Waals surface area contributed by atoms with Crippen LogP contribution in [0.1, 0.15) is 37.7 Å². The van der Waals surface area contributed by atoms with E-state index in [0.717, 1.165) is 30.6 Å². The first-order valence-electron chi connectivity index (χ1n) is 11.5. The Kier molecular flexibility index (Phi) is 5.82. The van der Waals surface area contributed by atoms with E-state index < -0.39 is 0 Å². The van der Waals surface area contributed by atoms with Crippen molar-refractivity contribution in [2.24, 2.45) is 0 Å². The van der Waals surface area contributed by atoms with Crippen molar-refractivity contribution in [3.63, 3.8) is 0 Å². The molecular formula is C27H27N3O3. The van der Waals surface area contributed by atoms with E-state index in [1.165, 1.54) is 18.4 Å². The molecule has 1 aliphatic carbocycles. The van der Waals surface area contributed by atoms with Crippen molar-refractivity contribution in [2.75, 3.05) is 7.11 Å². The molecule has 6 nitrogen and oxygen atoms in total. The van der Waals surface area contributed by atoms with Gasteiger partial charge in [-0.05, 0) is 68.0 Å². The summed E-state index contributed by atoms with van der Waals surface area (Å²) in [6, 6.07) is 13.0. The van der Waals surface area contributed by atoms with E-state index in [0.29, 0.717) is 34.9 Å². The molecule has 3 heterocycles. The largest absolute Gasteiger partial charge is 0.497 e. The molecule has 33 heavy (non-hydrogen) atoms. The molecule has 3 aromatic heterocycles. The Morgan fingerprint density at radius 3 is 2.27 bits per heavy atom. The molecule has 6 heteroatoms. The van der Waals surface area contributed by atoms with Crippen molar-refractivity contribution in [3.05, 3.63) is 92.8 Å². The highest BCUT2D eigenvalue weighted by Gasteiger charge is 2.11. The van der Waals surface area contributed by atoms with Crippen LogP contribution in [-0.2, 0) is 13.1 Å². The molecule has 1 aromatic carbocycles. The Balaban J connectivity index is 1.49. The summed E-state index contributed by atoms with van der Waals surface area (Å²) in [6.45, 7) is 1.08. The fourth-order valence-corrected chi connectivity index (χ4v) is 4.53. The molecular weight excluding hydrogens is 414 g/mol. The summed E-state index contributed by atoms with van der Waals surface area (Å²) in [4.78, 5) is 31.0. The quantitative estimate of drug-likeness (QED) is 0.322. The van der Waals surface area contributed by atoms with Gasteiger partial charge in [0.2, 0.25) is 0 Å². The van der Waals surface area contributed by atoms with Crippen LogP contribution < -0.4 is 15.9 Å². The second-order valence-corrected chi connectivity index (χ2v) is 8.62. The standard InChI is InChI=1S/C27H27N3O3/c1-33-21-9-7-20(8-10-21)18-30-16-13-25-23(27(30)32)17-22-24(28-25)12-15-29(26(22)31)14-11-19-5-3-2-4-6-19/h5,7-10,12-13,15-17H,2-4,6,11,14,18H2,1H3. The van der Waals surface area contributed by atoms with Gasteiger partial charge in [-0.25, -0.2) is 4.98 Å². The first-order valence-corrected chi connectivity index (χ1v) is 11.5. The number of allylic oxidation sites excluding steroid dienone is 2. The summed E-state index contributed by atoms with van der Waals surface area (Å²) in [5, 5.41) is 0.949. The van der Waals surface area contributed by atoms with Gasteiger partial charge in [0.15, 0.2) is 0 Å². The highest BCUT2D eigenvalue weighted by Crippen LogP contribution is 2.21. The van der Waals surface area contributed by atoms with Gasteiger partial charge >= 0.3 is 0 Å². The van der Waals surface area contributed by atoms with Crippen molar-refractivity contribution in [1.82, 2.24) is 14.1 Å². The Morgan fingerprint density at radius 2 is 1.61 bits per heavy atom. The van der Waals surface area contributed by atoms with Crippen molar-refractivity contribution in [2.45, 2.75) is 45.2 Å². The predicted molar refractivity (Wildman–Crippen MR) is 131 cm³/mol. The fraction of sp³-hybridized carbons (Fsp3) is 0.296. The molecule has 0 saturated carbocycles. The van der Waals surface area contributed by atoms with E-state index >= 15 is 0 Å². The van der Waals surface area contributed by atoms with E-state index in [2.05, 4.69) is 11.1 Å². The maximum Gasteiger partial charge on any atom is 0.260 e. The van der Waals surface area contributed by atoms with E-state index in [4.69, 9.17) is 4.74 Å². The molecule has 0 spiro atoms. The van der Waals surface area contributed by atoms with Gasteiger partial charge in [-0.2, -0.15) is 0 Å². The van der Waals surface area contributed by atoms with Gasteiger partial charge in [-0.3, -0.25) is 9.59 Å². The lowest BCUT2D eigenvalue weighted by atomic mass is 9.97. The van der Waals surface area contributed by atoms with Gasteiger partial charge in [0.25, 0.3) is 11.1 Å². The summed E-state index contributed by atoms with van der Waals surface area (Å²) >= 11 is 0. The van der Waals surface area contributed by atoms with E-state index in [1.807, 2.05) is 42.6 Å². The van der Waals surface area contributed by atoms with Crippen molar-refractivity contribution in [1.29, 1.82) is 0 Å². The SMILES string of the molecule is COc1ccc(Cn2ccc3nc4ccn(CCC5=CCCCC5)c(=O)c4cc3c2=O)cc1. The predicted octanol–water partition coefficient (Wildman–Crippen LogP) is 4.66. The van der Waals surface area contributed by atoms with Gasteiger partial charge < -0.3 is 13.9 Å². The molecule has 0 saturated heterocycles. The highest BCUT2D eigenvalue weighted by atomic mass is 16.5. The second-order valence-electron chi connectivity index (χ2n) is 8.62.